The van der Waals surface area contributed by atoms with Gasteiger partial charge in [0.2, 0.25) is 0 Å². The highest BCUT2D eigenvalue weighted by atomic mass is 16.6. The van der Waals surface area contributed by atoms with Crippen LogP contribution in [0.25, 0.3) is 0 Å². The fourth-order valence-corrected chi connectivity index (χ4v) is 0.942. The number of ether oxygens (including phenoxy) is 2. The second kappa shape index (κ2) is 5.15. The molecule has 0 saturated heterocycles. The van der Waals surface area contributed by atoms with E-state index in [1.807, 2.05) is 0 Å². The highest BCUT2D eigenvalue weighted by Crippen LogP contribution is 2.10. The van der Waals surface area contributed by atoms with Crippen molar-refractivity contribution in [3.8, 4) is 0 Å². The normalized spacial score (nSPS) is 9.88. The standard InChI is InChI=1S/C9H10O7/c1-3-13-7(10)5-6(8(11)14-4-2)16-9(12)15-5/h3-4H2,1-2H3. The summed E-state index contributed by atoms with van der Waals surface area (Å²) in [7, 11) is 0. The maximum Gasteiger partial charge on any atom is 0.520 e. The van der Waals surface area contributed by atoms with Crippen molar-refractivity contribution < 1.29 is 27.9 Å². The van der Waals surface area contributed by atoms with Gasteiger partial charge in [0.15, 0.2) is 0 Å². The molecule has 0 fully saturated rings. The lowest BCUT2D eigenvalue weighted by molar-refractivity contribution is 0.0437. The summed E-state index contributed by atoms with van der Waals surface area (Å²) >= 11 is 0. The number of rotatable bonds is 4. The van der Waals surface area contributed by atoms with E-state index in [1.165, 1.54) is 0 Å². The third-order valence-electron chi connectivity index (χ3n) is 1.50. The molecule has 0 unspecified atom stereocenters. The van der Waals surface area contributed by atoms with Crippen LogP contribution in [0.15, 0.2) is 13.6 Å². The zero-order chi connectivity index (χ0) is 12.1. The molecule has 0 N–H and O–H groups in total. The van der Waals surface area contributed by atoms with E-state index in [1.54, 1.807) is 13.8 Å². The van der Waals surface area contributed by atoms with Crippen molar-refractivity contribution in [3.63, 3.8) is 0 Å². The predicted octanol–water partition coefficient (Wildman–Crippen LogP) is 0.586. The van der Waals surface area contributed by atoms with Gasteiger partial charge >= 0.3 is 17.8 Å². The molecular weight excluding hydrogens is 220 g/mol. The lowest BCUT2D eigenvalue weighted by Crippen LogP contribution is -2.11. The van der Waals surface area contributed by atoms with Crippen LogP contribution >= 0.6 is 0 Å². The van der Waals surface area contributed by atoms with Crippen LogP contribution in [0.1, 0.15) is 35.0 Å². The second-order valence-electron chi connectivity index (χ2n) is 2.55. The SMILES string of the molecule is CCOC(=O)c1oc(=O)oc1C(=O)OCC. The van der Waals surface area contributed by atoms with Gasteiger partial charge in [0.25, 0.3) is 11.5 Å². The summed E-state index contributed by atoms with van der Waals surface area (Å²) in [5.41, 5.74) is 0. The summed E-state index contributed by atoms with van der Waals surface area (Å²) in [4.78, 5) is 33.3. The fourth-order valence-electron chi connectivity index (χ4n) is 0.942. The number of hydrogen-bond acceptors (Lipinski definition) is 7. The van der Waals surface area contributed by atoms with Crippen molar-refractivity contribution in [2.45, 2.75) is 13.8 Å². The van der Waals surface area contributed by atoms with Gasteiger partial charge in [-0.3, -0.25) is 0 Å². The summed E-state index contributed by atoms with van der Waals surface area (Å²) in [5, 5.41) is 0. The second-order valence-corrected chi connectivity index (χ2v) is 2.55. The average Bonchev–Trinajstić information content (AvgIpc) is 2.61. The topological polar surface area (TPSA) is 96.0 Å². The maximum absolute atomic E-state index is 11.3. The first kappa shape index (κ1) is 12.0. The molecule has 0 aliphatic heterocycles. The molecule has 1 rings (SSSR count). The first-order valence-electron chi connectivity index (χ1n) is 4.58. The van der Waals surface area contributed by atoms with Gasteiger partial charge in [-0.2, -0.15) is 0 Å². The molecule has 16 heavy (non-hydrogen) atoms. The van der Waals surface area contributed by atoms with Crippen LogP contribution in [0.5, 0.6) is 0 Å². The van der Waals surface area contributed by atoms with Crippen LogP contribution < -0.4 is 5.82 Å². The first-order valence-corrected chi connectivity index (χ1v) is 4.58. The highest BCUT2D eigenvalue weighted by molar-refractivity contribution is 5.98. The van der Waals surface area contributed by atoms with E-state index < -0.39 is 29.3 Å². The van der Waals surface area contributed by atoms with Gasteiger partial charge in [-0.05, 0) is 13.8 Å². The Morgan fingerprint density at radius 2 is 1.38 bits per heavy atom. The Labute approximate surface area is 89.9 Å². The molecule has 1 aromatic rings. The maximum atomic E-state index is 11.3. The first-order chi connectivity index (χ1) is 7.60. The molecule has 1 heterocycles. The lowest BCUT2D eigenvalue weighted by Gasteiger charge is -1.99. The summed E-state index contributed by atoms with van der Waals surface area (Å²) in [6, 6.07) is 0. The number of hydrogen-bond donors (Lipinski definition) is 0. The minimum atomic E-state index is -1.16. The van der Waals surface area contributed by atoms with Crippen LogP contribution in [0, 0.1) is 0 Å². The van der Waals surface area contributed by atoms with E-state index >= 15 is 0 Å². The van der Waals surface area contributed by atoms with Crippen LogP contribution in [-0.2, 0) is 9.47 Å². The predicted molar refractivity (Wildman–Crippen MR) is 49.2 cm³/mol. The number of carbonyl (C=O) groups excluding carboxylic acids is 2. The molecule has 0 aliphatic rings. The summed E-state index contributed by atoms with van der Waals surface area (Å²) in [6.45, 7) is 3.30. The molecule has 0 saturated carbocycles. The molecule has 0 amide bonds. The van der Waals surface area contributed by atoms with Gasteiger partial charge < -0.3 is 18.3 Å². The van der Waals surface area contributed by atoms with Crippen molar-refractivity contribution in [1.29, 1.82) is 0 Å². The Bertz CT molecular complexity index is 400. The van der Waals surface area contributed by atoms with Crippen molar-refractivity contribution in [1.82, 2.24) is 0 Å². The molecule has 0 aliphatic carbocycles. The Morgan fingerprint density at radius 3 is 1.69 bits per heavy atom. The Morgan fingerprint density at radius 1 is 1.00 bits per heavy atom. The molecule has 88 valence electrons. The van der Waals surface area contributed by atoms with Gasteiger partial charge in [0.05, 0.1) is 13.2 Å². The smallest absolute Gasteiger partial charge is 0.460 e. The van der Waals surface area contributed by atoms with E-state index in [2.05, 4.69) is 18.3 Å². The van der Waals surface area contributed by atoms with Gasteiger partial charge in [-0.15, -0.1) is 0 Å². The van der Waals surface area contributed by atoms with E-state index in [4.69, 9.17) is 0 Å². The molecule has 0 radical (unpaired) electrons. The minimum Gasteiger partial charge on any atom is -0.460 e. The molecule has 0 aromatic carbocycles. The molecule has 1 aromatic heterocycles. The number of esters is 2. The Kier molecular flexibility index (Phi) is 3.87. The van der Waals surface area contributed by atoms with E-state index in [9.17, 15) is 14.4 Å². The minimum absolute atomic E-state index is 0.0794. The highest BCUT2D eigenvalue weighted by Gasteiger charge is 2.28. The van der Waals surface area contributed by atoms with Crippen molar-refractivity contribution >= 4 is 11.9 Å². The zero-order valence-electron chi connectivity index (χ0n) is 8.77. The summed E-state index contributed by atoms with van der Waals surface area (Å²) < 4.78 is 17.9. The van der Waals surface area contributed by atoms with Crippen LogP contribution in [0.4, 0.5) is 0 Å². The number of carbonyl (C=O) groups is 2. The molecule has 0 bridgehead atoms. The van der Waals surface area contributed by atoms with Gasteiger partial charge in [0.1, 0.15) is 0 Å². The third kappa shape index (κ3) is 2.50. The van der Waals surface area contributed by atoms with Crippen LogP contribution in [-0.4, -0.2) is 25.2 Å². The molecule has 7 nitrogen and oxygen atoms in total. The Hall–Kier alpha value is -2.05. The molecule has 7 heteroatoms. The molecular formula is C9H10O7. The lowest BCUT2D eigenvalue weighted by atomic mass is 10.3. The van der Waals surface area contributed by atoms with Crippen LogP contribution in [0.3, 0.4) is 0 Å². The van der Waals surface area contributed by atoms with Crippen LogP contribution in [0.2, 0.25) is 0 Å². The van der Waals surface area contributed by atoms with Gasteiger partial charge in [-0.1, -0.05) is 0 Å². The molecule has 0 atom stereocenters. The van der Waals surface area contributed by atoms with Crippen molar-refractivity contribution in [2.75, 3.05) is 13.2 Å². The van der Waals surface area contributed by atoms with Gasteiger partial charge in [0, 0.05) is 0 Å². The van der Waals surface area contributed by atoms with Crippen molar-refractivity contribution in [2.24, 2.45) is 0 Å². The fraction of sp³-hybridized carbons (Fsp3) is 0.444. The zero-order valence-corrected chi connectivity index (χ0v) is 8.77. The van der Waals surface area contributed by atoms with Gasteiger partial charge in [-0.25, -0.2) is 14.4 Å². The van der Waals surface area contributed by atoms with E-state index in [0.717, 1.165) is 0 Å². The summed E-state index contributed by atoms with van der Waals surface area (Å²) in [6.07, 6.45) is 0. The largest absolute Gasteiger partial charge is 0.520 e. The average molecular weight is 230 g/mol. The van der Waals surface area contributed by atoms with E-state index in [0.29, 0.717) is 0 Å². The van der Waals surface area contributed by atoms with E-state index in [-0.39, 0.29) is 13.2 Å². The van der Waals surface area contributed by atoms with Crippen molar-refractivity contribution in [3.05, 3.63) is 22.1 Å². The summed E-state index contributed by atoms with van der Waals surface area (Å²) in [5.74, 6) is -4.21. The quantitative estimate of drug-likeness (QED) is 0.698. The third-order valence-corrected chi connectivity index (χ3v) is 1.50. The Balaban J connectivity index is 3.04. The monoisotopic (exact) mass is 230 g/mol. The molecule has 0 spiro atoms.